The Kier molecular flexibility index (Phi) is 6.45. The monoisotopic (exact) mass is 300 g/mol. The van der Waals surface area contributed by atoms with Crippen molar-refractivity contribution in [1.29, 1.82) is 0 Å². The molecule has 0 bridgehead atoms. The molecule has 1 aliphatic rings. The van der Waals surface area contributed by atoms with Gasteiger partial charge >= 0.3 is 12.1 Å². The summed E-state index contributed by atoms with van der Waals surface area (Å²) in [5.74, 6) is -0.102. The van der Waals surface area contributed by atoms with Crippen LogP contribution in [-0.2, 0) is 14.3 Å². The normalized spacial score (nSPS) is 22.8. The highest BCUT2D eigenvalue weighted by atomic mass is 16.6. The first-order chi connectivity index (χ1) is 9.73. The van der Waals surface area contributed by atoms with E-state index in [2.05, 4.69) is 5.43 Å². The van der Waals surface area contributed by atoms with Gasteiger partial charge in [-0.2, -0.15) is 0 Å². The highest BCUT2D eigenvalue weighted by Gasteiger charge is 2.30. The molecule has 1 rings (SSSR count). The average molecular weight is 300 g/mol. The molecule has 0 aromatic carbocycles. The Balaban J connectivity index is 2.36. The van der Waals surface area contributed by atoms with Gasteiger partial charge < -0.3 is 9.47 Å². The van der Waals surface area contributed by atoms with Gasteiger partial charge in [-0.05, 0) is 53.4 Å². The first-order valence-electron chi connectivity index (χ1n) is 7.62. The number of esters is 1. The van der Waals surface area contributed by atoms with Crippen LogP contribution in [0.15, 0.2) is 0 Å². The SMILES string of the molecule is CCOC(=O)C1CCC(N(C)NC(=O)OC(C)(C)C)CC1. The maximum absolute atomic E-state index is 11.7. The van der Waals surface area contributed by atoms with Gasteiger partial charge in [0.05, 0.1) is 12.5 Å². The van der Waals surface area contributed by atoms with Crippen molar-refractivity contribution in [2.45, 2.75) is 65.0 Å². The molecule has 0 radical (unpaired) electrons. The van der Waals surface area contributed by atoms with Crippen LogP contribution in [0.4, 0.5) is 4.79 Å². The zero-order chi connectivity index (χ0) is 16.0. The van der Waals surface area contributed by atoms with Crippen molar-refractivity contribution in [3.8, 4) is 0 Å². The predicted molar refractivity (Wildman–Crippen MR) is 79.5 cm³/mol. The highest BCUT2D eigenvalue weighted by Crippen LogP contribution is 2.27. The van der Waals surface area contributed by atoms with Crippen molar-refractivity contribution in [3.63, 3.8) is 0 Å². The van der Waals surface area contributed by atoms with Gasteiger partial charge in [0.15, 0.2) is 0 Å². The zero-order valence-electron chi connectivity index (χ0n) is 13.8. The topological polar surface area (TPSA) is 67.9 Å². The van der Waals surface area contributed by atoms with Crippen LogP contribution in [0.1, 0.15) is 53.4 Å². The van der Waals surface area contributed by atoms with Gasteiger partial charge in [0.1, 0.15) is 5.60 Å². The van der Waals surface area contributed by atoms with Gasteiger partial charge in [-0.15, -0.1) is 0 Å². The molecular weight excluding hydrogens is 272 g/mol. The standard InChI is InChI=1S/C15H28N2O4/c1-6-20-13(18)11-7-9-12(10-8-11)17(5)16-14(19)21-15(2,3)4/h11-12H,6-10H2,1-5H3,(H,16,19). The molecule has 0 aliphatic heterocycles. The number of carbonyl (C=O) groups excluding carboxylic acids is 2. The number of nitrogens with one attached hydrogen (secondary N) is 1. The minimum Gasteiger partial charge on any atom is -0.466 e. The maximum atomic E-state index is 11.7. The van der Waals surface area contributed by atoms with E-state index >= 15 is 0 Å². The Hall–Kier alpha value is -1.30. The number of hydrogen-bond acceptors (Lipinski definition) is 5. The van der Waals surface area contributed by atoms with E-state index in [9.17, 15) is 9.59 Å². The van der Waals surface area contributed by atoms with Crippen LogP contribution < -0.4 is 5.43 Å². The van der Waals surface area contributed by atoms with Crippen molar-refractivity contribution >= 4 is 12.1 Å². The molecule has 1 amide bonds. The van der Waals surface area contributed by atoms with Crippen molar-refractivity contribution in [2.24, 2.45) is 5.92 Å². The third-order valence-corrected chi connectivity index (χ3v) is 3.53. The smallest absolute Gasteiger partial charge is 0.422 e. The fourth-order valence-electron chi connectivity index (χ4n) is 2.50. The third kappa shape index (κ3) is 6.33. The highest BCUT2D eigenvalue weighted by molar-refractivity contribution is 5.72. The largest absolute Gasteiger partial charge is 0.466 e. The van der Waals surface area contributed by atoms with Crippen molar-refractivity contribution in [3.05, 3.63) is 0 Å². The molecule has 1 saturated carbocycles. The summed E-state index contributed by atoms with van der Waals surface area (Å²) >= 11 is 0. The van der Waals surface area contributed by atoms with E-state index in [1.165, 1.54) is 0 Å². The molecule has 1 fully saturated rings. The van der Waals surface area contributed by atoms with E-state index in [4.69, 9.17) is 9.47 Å². The summed E-state index contributed by atoms with van der Waals surface area (Å²) in [6, 6.07) is 0.225. The summed E-state index contributed by atoms with van der Waals surface area (Å²) in [6.45, 7) is 7.74. The van der Waals surface area contributed by atoms with E-state index in [-0.39, 0.29) is 17.9 Å². The summed E-state index contributed by atoms with van der Waals surface area (Å²) in [4.78, 5) is 23.4. The van der Waals surface area contributed by atoms with Crippen LogP contribution in [0.2, 0.25) is 0 Å². The van der Waals surface area contributed by atoms with Crippen molar-refractivity contribution in [1.82, 2.24) is 10.4 Å². The molecule has 0 aromatic rings. The first kappa shape index (κ1) is 17.8. The molecule has 6 heteroatoms. The molecule has 6 nitrogen and oxygen atoms in total. The lowest BCUT2D eigenvalue weighted by Crippen LogP contribution is -2.49. The maximum Gasteiger partial charge on any atom is 0.422 e. The Bertz CT molecular complexity index is 357. The summed E-state index contributed by atoms with van der Waals surface area (Å²) < 4.78 is 10.3. The van der Waals surface area contributed by atoms with Crippen LogP contribution in [0, 0.1) is 5.92 Å². The van der Waals surface area contributed by atoms with Crippen LogP contribution in [0.5, 0.6) is 0 Å². The zero-order valence-corrected chi connectivity index (χ0v) is 13.8. The van der Waals surface area contributed by atoms with Crippen molar-refractivity contribution < 1.29 is 19.1 Å². The van der Waals surface area contributed by atoms with Crippen LogP contribution in [0.3, 0.4) is 0 Å². The molecule has 1 aliphatic carbocycles. The summed E-state index contributed by atoms with van der Waals surface area (Å²) in [7, 11) is 1.83. The van der Waals surface area contributed by atoms with Gasteiger partial charge in [0.25, 0.3) is 0 Å². The Labute approximate surface area is 127 Å². The third-order valence-electron chi connectivity index (χ3n) is 3.53. The minimum atomic E-state index is -0.507. The summed E-state index contributed by atoms with van der Waals surface area (Å²) in [5, 5.41) is 1.79. The fraction of sp³-hybridized carbons (Fsp3) is 0.867. The molecule has 0 saturated heterocycles. The second-order valence-corrected chi connectivity index (χ2v) is 6.48. The average Bonchev–Trinajstić information content (AvgIpc) is 2.36. The molecule has 122 valence electrons. The summed E-state index contributed by atoms with van der Waals surface area (Å²) in [6.07, 6.45) is 2.86. The van der Waals surface area contributed by atoms with Crippen LogP contribution >= 0.6 is 0 Å². The second-order valence-electron chi connectivity index (χ2n) is 6.48. The van der Waals surface area contributed by atoms with E-state index in [1.807, 2.05) is 34.7 Å². The molecule has 0 heterocycles. The number of hydrazine groups is 1. The Morgan fingerprint density at radius 1 is 1.19 bits per heavy atom. The lowest BCUT2D eigenvalue weighted by atomic mass is 9.86. The molecular formula is C15H28N2O4. The van der Waals surface area contributed by atoms with E-state index < -0.39 is 11.7 Å². The number of rotatable bonds is 4. The van der Waals surface area contributed by atoms with E-state index in [0.717, 1.165) is 25.7 Å². The molecule has 0 spiro atoms. The number of hydrogen-bond donors (Lipinski definition) is 1. The number of carbonyl (C=O) groups is 2. The first-order valence-corrected chi connectivity index (χ1v) is 7.62. The second kappa shape index (κ2) is 7.64. The van der Waals surface area contributed by atoms with Crippen molar-refractivity contribution in [2.75, 3.05) is 13.7 Å². The van der Waals surface area contributed by atoms with Crippen LogP contribution in [-0.4, -0.2) is 42.4 Å². The lowest BCUT2D eigenvalue weighted by molar-refractivity contribution is -0.149. The quantitative estimate of drug-likeness (QED) is 0.638. The number of nitrogens with zero attached hydrogens (tertiary/aromatic N) is 1. The predicted octanol–water partition coefficient (Wildman–Crippen LogP) is 2.48. The molecule has 0 unspecified atom stereocenters. The van der Waals surface area contributed by atoms with Gasteiger partial charge in [-0.25, -0.2) is 9.80 Å². The molecule has 0 aromatic heterocycles. The van der Waals surface area contributed by atoms with E-state index in [1.54, 1.807) is 5.01 Å². The molecule has 0 atom stereocenters. The fourth-order valence-corrected chi connectivity index (χ4v) is 2.50. The Morgan fingerprint density at radius 2 is 1.76 bits per heavy atom. The number of ether oxygens (including phenoxy) is 2. The van der Waals surface area contributed by atoms with Gasteiger partial charge in [0.2, 0.25) is 0 Å². The van der Waals surface area contributed by atoms with E-state index in [0.29, 0.717) is 6.61 Å². The number of amides is 1. The molecule has 1 N–H and O–H groups in total. The summed E-state index contributed by atoms with van der Waals surface area (Å²) in [5.41, 5.74) is 2.22. The lowest BCUT2D eigenvalue weighted by Gasteiger charge is -2.34. The Morgan fingerprint density at radius 3 is 2.24 bits per heavy atom. The van der Waals surface area contributed by atoms with Crippen LogP contribution in [0.25, 0.3) is 0 Å². The van der Waals surface area contributed by atoms with Gasteiger partial charge in [0, 0.05) is 13.1 Å². The van der Waals surface area contributed by atoms with Gasteiger partial charge in [-0.1, -0.05) is 0 Å². The molecule has 21 heavy (non-hydrogen) atoms. The minimum absolute atomic E-state index is 0.00359. The van der Waals surface area contributed by atoms with Gasteiger partial charge in [-0.3, -0.25) is 10.2 Å².